The van der Waals surface area contributed by atoms with Crippen molar-refractivity contribution >= 4 is 27.6 Å². The van der Waals surface area contributed by atoms with Crippen molar-refractivity contribution in [1.82, 2.24) is 4.72 Å². The lowest BCUT2D eigenvalue weighted by atomic mass is 9.88. The third-order valence-electron chi connectivity index (χ3n) is 3.38. The highest BCUT2D eigenvalue weighted by molar-refractivity contribution is 7.89. The molecule has 1 aromatic rings. The van der Waals surface area contributed by atoms with Crippen molar-refractivity contribution in [3.05, 3.63) is 28.8 Å². The quantitative estimate of drug-likeness (QED) is 0.843. The van der Waals surface area contributed by atoms with Gasteiger partial charge in [0.15, 0.2) is 0 Å². The molecule has 1 unspecified atom stereocenters. The number of hydrogen-bond acceptors (Lipinski definition) is 3. The van der Waals surface area contributed by atoms with Crippen molar-refractivity contribution in [2.24, 2.45) is 5.41 Å². The molecule has 0 bridgehead atoms. The van der Waals surface area contributed by atoms with Crippen LogP contribution in [0.5, 0.6) is 0 Å². The topological polar surface area (TPSA) is 83.5 Å². The second kappa shape index (κ2) is 6.11. The highest BCUT2D eigenvalue weighted by Gasteiger charge is 2.33. The molecule has 2 N–H and O–H groups in total. The minimum atomic E-state index is -3.76. The first-order chi connectivity index (χ1) is 9.12. The fourth-order valence-electron chi connectivity index (χ4n) is 1.60. The van der Waals surface area contributed by atoms with E-state index in [2.05, 4.69) is 4.72 Å². The first-order valence-electron chi connectivity index (χ1n) is 6.11. The summed E-state index contributed by atoms with van der Waals surface area (Å²) >= 11 is 5.79. The van der Waals surface area contributed by atoms with Gasteiger partial charge in [0.05, 0.1) is 10.3 Å². The van der Waals surface area contributed by atoms with Crippen LogP contribution < -0.4 is 4.72 Å². The maximum absolute atomic E-state index is 12.2. The van der Waals surface area contributed by atoms with Crippen LogP contribution in [0.25, 0.3) is 0 Å². The maximum atomic E-state index is 12.2. The van der Waals surface area contributed by atoms with Gasteiger partial charge in [-0.25, -0.2) is 13.1 Å². The number of hydrogen-bond donors (Lipinski definition) is 2. The summed E-state index contributed by atoms with van der Waals surface area (Å²) in [5.74, 6) is -1.03. The van der Waals surface area contributed by atoms with Crippen LogP contribution in [0.3, 0.4) is 0 Å². The van der Waals surface area contributed by atoms with E-state index in [1.165, 1.54) is 19.1 Å². The molecule has 0 aliphatic heterocycles. The number of aryl methyl sites for hydroxylation is 1. The molecule has 112 valence electrons. The van der Waals surface area contributed by atoms with Crippen molar-refractivity contribution in [2.45, 2.75) is 32.1 Å². The first-order valence-corrected chi connectivity index (χ1v) is 7.98. The fraction of sp³-hybridized carbons (Fsp3) is 0.462. The normalized spacial score (nSPS) is 14.8. The van der Waals surface area contributed by atoms with E-state index < -0.39 is 21.4 Å². The zero-order valence-electron chi connectivity index (χ0n) is 11.6. The summed E-state index contributed by atoms with van der Waals surface area (Å²) in [4.78, 5) is 11.3. The first kappa shape index (κ1) is 16.9. The lowest BCUT2D eigenvalue weighted by Gasteiger charge is -2.23. The van der Waals surface area contributed by atoms with E-state index >= 15 is 0 Å². The molecule has 1 aromatic carbocycles. The molecule has 5 nitrogen and oxygen atoms in total. The number of aliphatic carboxylic acids is 1. The second-order valence-electron chi connectivity index (χ2n) is 4.95. The molecule has 0 heterocycles. The number of benzene rings is 1. The van der Waals surface area contributed by atoms with Crippen LogP contribution in [0.15, 0.2) is 23.1 Å². The number of carbonyl (C=O) groups is 1. The van der Waals surface area contributed by atoms with E-state index in [4.69, 9.17) is 16.7 Å². The number of halogens is 1. The predicted octanol–water partition coefficient (Wildman–Crippen LogP) is 2.43. The van der Waals surface area contributed by atoms with Gasteiger partial charge in [0.2, 0.25) is 10.0 Å². The summed E-state index contributed by atoms with van der Waals surface area (Å²) in [6.07, 6.45) is 0.324. The molecule has 7 heteroatoms. The van der Waals surface area contributed by atoms with Gasteiger partial charge in [-0.3, -0.25) is 4.79 Å². The molecule has 0 spiro atoms. The monoisotopic (exact) mass is 319 g/mol. The SMILES string of the molecule is CCC(C)(CNS(=O)(=O)c1ccc(Cl)cc1C)C(=O)O. The molecular formula is C13H18ClNO4S. The Hall–Kier alpha value is -1.11. The highest BCUT2D eigenvalue weighted by Crippen LogP contribution is 2.23. The zero-order chi connectivity index (χ0) is 15.6. The van der Waals surface area contributed by atoms with Crippen LogP contribution in [0.1, 0.15) is 25.8 Å². The van der Waals surface area contributed by atoms with E-state index in [1.54, 1.807) is 19.9 Å². The van der Waals surface area contributed by atoms with Gasteiger partial charge >= 0.3 is 5.97 Å². The van der Waals surface area contributed by atoms with Gasteiger partial charge in [-0.2, -0.15) is 0 Å². The molecule has 0 aromatic heterocycles. The predicted molar refractivity (Wildman–Crippen MR) is 77.4 cm³/mol. The summed E-state index contributed by atoms with van der Waals surface area (Å²) in [5.41, 5.74) is -0.619. The van der Waals surface area contributed by atoms with E-state index in [0.717, 1.165) is 0 Å². The van der Waals surface area contributed by atoms with Gasteiger partial charge in [0.25, 0.3) is 0 Å². The smallest absolute Gasteiger partial charge is 0.310 e. The number of carboxylic acids is 1. The molecule has 0 fully saturated rings. The summed E-state index contributed by atoms with van der Waals surface area (Å²) < 4.78 is 26.8. The van der Waals surface area contributed by atoms with Crippen LogP contribution in [0.2, 0.25) is 5.02 Å². The second-order valence-corrected chi connectivity index (χ2v) is 7.13. The van der Waals surface area contributed by atoms with E-state index in [-0.39, 0.29) is 11.4 Å². The molecule has 0 saturated carbocycles. The minimum Gasteiger partial charge on any atom is -0.481 e. The van der Waals surface area contributed by atoms with Crippen molar-refractivity contribution < 1.29 is 18.3 Å². The highest BCUT2D eigenvalue weighted by atomic mass is 35.5. The van der Waals surface area contributed by atoms with Gasteiger partial charge in [0.1, 0.15) is 0 Å². The van der Waals surface area contributed by atoms with Gasteiger partial charge in [-0.1, -0.05) is 18.5 Å². The largest absolute Gasteiger partial charge is 0.481 e. The van der Waals surface area contributed by atoms with Gasteiger partial charge in [0, 0.05) is 11.6 Å². The van der Waals surface area contributed by atoms with Crippen LogP contribution >= 0.6 is 11.6 Å². The number of carboxylic acid groups (broad SMARTS) is 1. The molecule has 1 atom stereocenters. The molecule has 0 radical (unpaired) electrons. The molecule has 0 aliphatic carbocycles. The Bertz CT molecular complexity index is 615. The van der Waals surface area contributed by atoms with E-state index in [0.29, 0.717) is 17.0 Å². The summed E-state index contributed by atoms with van der Waals surface area (Å²) in [6, 6.07) is 4.44. The fourth-order valence-corrected chi connectivity index (χ4v) is 3.22. The van der Waals surface area contributed by atoms with Gasteiger partial charge in [-0.05, 0) is 44.0 Å². The van der Waals surface area contributed by atoms with Gasteiger partial charge in [-0.15, -0.1) is 0 Å². The van der Waals surface area contributed by atoms with Crippen molar-refractivity contribution in [3.8, 4) is 0 Å². The summed E-state index contributed by atoms with van der Waals surface area (Å²) in [6.45, 7) is 4.68. The number of rotatable bonds is 6. The summed E-state index contributed by atoms with van der Waals surface area (Å²) in [7, 11) is -3.76. The third kappa shape index (κ3) is 3.71. The Labute approximate surface area is 124 Å². The maximum Gasteiger partial charge on any atom is 0.310 e. The minimum absolute atomic E-state index is 0.103. The average molecular weight is 320 g/mol. The van der Waals surface area contributed by atoms with Crippen LogP contribution in [-0.4, -0.2) is 26.0 Å². The molecule has 1 rings (SSSR count). The van der Waals surface area contributed by atoms with Crippen molar-refractivity contribution in [1.29, 1.82) is 0 Å². The van der Waals surface area contributed by atoms with Gasteiger partial charge < -0.3 is 5.11 Å². The van der Waals surface area contributed by atoms with Crippen molar-refractivity contribution in [3.63, 3.8) is 0 Å². The number of sulfonamides is 1. The zero-order valence-corrected chi connectivity index (χ0v) is 13.2. The van der Waals surface area contributed by atoms with E-state index in [1.807, 2.05) is 0 Å². The van der Waals surface area contributed by atoms with E-state index in [9.17, 15) is 13.2 Å². The van der Waals surface area contributed by atoms with Crippen molar-refractivity contribution in [2.75, 3.05) is 6.54 Å². The summed E-state index contributed by atoms with van der Waals surface area (Å²) in [5, 5.41) is 9.59. The molecule has 20 heavy (non-hydrogen) atoms. The Morgan fingerprint density at radius 1 is 1.45 bits per heavy atom. The van der Waals surface area contributed by atoms with Crippen LogP contribution in [-0.2, 0) is 14.8 Å². The Balaban J connectivity index is 2.99. The molecule has 0 aliphatic rings. The Morgan fingerprint density at radius 3 is 2.50 bits per heavy atom. The third-order valence-corrected chi connectivity index (χ3v) is 5.17. The van der Waals surface area contributed by atoms with Crippen LogP contribution in [0.4, 0.5) is 0 Å². The van der Waals surface area contributed by atoms with Crippen LogP contribution in [0, 0.1) is 12.3 Å². The lowest BCUT2D eigenvalue weighted by molar-refractivity contribution is -0.147. The molecule has 0 amide bonds. The molecular weight excluding hydrogens is 302 g/mol. The lowest BCUT2D eigenvalue weighted by Crippen LogP contribution is -2.40. The Morgan fingerprint density at radius 2 is 2.05 bits per heavy atom. The molecule has 0 saturated heterocycles. The number of nitrogens with one attached hydrogen (secondary N) is 1. The standard InChI is InChI=1S/C13H18ClNO4S/c1-4-13(3,12(16)17)8-15-20(18,19)11-6-5-10(14)7-9(11)2/h5-7,15H,4,8H2,1-3H3,(H,16,17). The Kier molecular flexibility index (Phi) is 5.18. The average Bonchev–Trinajstić information content (AvgIpc) is 2.35.